The molecule has 63 heavy (non-hydrogen) atoms. The summed E-state index contributed by atoms with van der Waals surface area (Å²) in [5.74, 6) is 7.73. The van der Waals surface area contributed by atoms with Crippen LogP contribution in [0.5, 0.6) is 0 Å². The van der Waals surface area contributed by atoms with Gasteiger partial charge in [0, 0.05) is 0 Å². The second-order valence-corrected chi connectivity index (χ2v) is 37.3. The second kappa shape index (κ2) is 37.4. The molecule has 0 aliphatic heterocycles. The third kappa shape index (κ3) is 32.1. The fourth-order valence-electron chi connectivity index (χ4n) is 7.98. The Labute approximate surface area is 415 Å². The van der Waals surface area contributed by atoms with Crippen molar-refractivity contribution in [2.24, 2.45) is 0 Å². The molecule has 0 amide bonds. The average Bonchev–Trinajstić information content (AvgIpc) is 3.22. The molecule has 14 heteroatoms. The van der Waals surface area contributed by atoms with Gasteiger partial charge >= 0.3 is 0 Å². The maximum absolute atomic E-state index is 12.0. The molecule has 0 aromatic rings. The highest BCUT2D eigenvalue weighted by atomic mass is 32.2. The Morgan fingerprint density at radius 2 is 0.413 bits per heavy atom. The zero-order valence-corrected chi connectivity index (χ0v) is 48.9. The van der Waals surface area contributed by atoms with Crippen molar-refractivity contribution in [3.05, 3.63) is 0 Å². The molecule has 368 valence electrons. The number of thioether (sulfide) groups is 6. The van der Waals surface area contributed by atoms with Gasteiger partial charge in [0.2, 0.25) is 0 Å². The highest BCUT2D eigenvalue weighted by molar-refractivity contribution is 8.01. The Bertz CT molecular complexity index is 1090. The Hall–Kier alpha value is 0.554. The summed E-state index contributed by atoms with van der Waals surface area (Å²) in [6.45, 7) is 22.4. The smallest absolute Gasteiger partial charge is 0.142 e. The topological polar surface area (TPSA) is 102 Å². The molecule has 6 unspecified atom stereocenters. The number of Topliss-reactive ketones (excluding diaryl/α,β-unsaturated/α-hetero) is 6. The van der Waals surface area contributed by atoms with Gasteiger partial charge in [-0.25, -0.2) is 0 Å². The van der Waals surface area contributed by atoms with Crippen molar-refractivity contribution < 1.29 is 28.8 Å². The molecule has 0 fully saturated rings. The highest BCUT2D eigenvalue weighted by Gasteiger charge is 2.33. The van der Waals surface area contributed by atoms with Gasteiger partial charge in [0.25, 0.3) is 0 Å². The SMILES string of the molecule is CC(=O)C(C)SCCC[Si](CCCCCCC[Si](CCCSC(C)C(C)=O)(CCCSC(C)C(C)=O)CCCSC(C)C(C)=O)(CCCSC(C)C(C)=O)CCCSC(C)C(C)=O. The Morgan fingerprint density at radius 1 is 0.270 bits per heavy atom. The molecule has 0 saturated carbocycles. The summed E-state index contributed by atoms with van der Waals surface area (Å²) in [4.78, 5) is 72.0. The lowest BCUT2D eigenvalue weighted by molar-refractivity contribution is -0.117. The minimum Gasteiger partial charge on any atom is -0.299 e. The van der Waals surface area contributed by atoms with Crippen LogP contribution in [0.15, 0.2) is 0 Å². The van der Waals surface area contributed by atoms with Gasteiger partial charge in [-0.15, -0.1) is 0 Å². The lowest BCUT2D eigenvalue weighted by Crippen LogP contribution is -2.35. The van der Waals surface area contributed by atoms with E-state index in [-0.39, 0.29) is 66.2 Å². The van der Waals surface area contributed by atoms with E-state index in [1.165, 1.54) is 119 Å². The van der Waals surface area contributed by atoms with Gasteiger partial charge in [-0.1, -0.05) is 80.5 Å². The van der Waals surface area contributed by atoms with Crippen LogP contribution in [-0.2, 0) is 28.8 Å². The summed E-state index contributed by atoms with van der Waals surface area (Å²) in [7, 11) is -3.30. The van der Waals surface area contributed by atoms with E-state index >= 15 is 0 Å². The van der Waals surface area contributed by atoms with Crippen LogP contribution in [0.25, 0.3) is 0 Å². The van der Waals surface area contributed by atoms with Crippen LogP contribution in [0.3, 0.4) is 0 Å². The van der Waals surface area contributed by atoms with E-state index in [2.05, 4.69) is 0 Å². The van der Waals surface area contributed by atoms with Crippen LogP contribution in [0.2, 0.25) is 48.4 Å². The van der Waals surface area contributed by atoms with Crippen molar-refractivity contribution in [2.75, 3.05) is 34.5 Å². The van der Waals surface area contributed by atoms with Crippen molar-refractivity contribution >= 4 is 121 Å². The average molecular weight is 1030 g/mol. The van der Waals surface area contributed by atoms with E-state index in [1.54, 1.807) is 41.5 Å². The molecule has 0 aliphatic carbocycles. The van der Waals surface area contributed by atoms with Gasteiger partial charge in [-0.3, -0.25) is 28.8 Å². The van der Waals surface area contributed by atoms with E-state index in [4.69, 9.17) is 0 Å². The van der Waals surface area contributed by atoms with Gasteiger partial charge in [-0.05, 0) is 156 Å². The maximum Gasteiger partial charge on any atom is 0.142 e. The summed E-state index contributed by atoms with van der Waals surface area (Å²) < 4.78 is 0. The van der Waals surface area contributed by atoms with Crippen LogP contribution < -0.4 is 0 Å². The molecule has 6 nitrogen and oxygen atoms in total. The van der Waals surface area contributed by atoms with E-state index in [1.807, 2.05) is 112 Å². The van der Waals surface area contributed by atoms with Crippen LogP contribution in [0.4, 0.5) is 0 Å². The summed E-state index contributed by atoms with van der Waals surface area (Å²) >= 11 is 10.9. The number of carbonyl (C=O) groups is 6. The molecule has 0 aromatic heterocycles. The predicted octanol–water partition coefficient (Wildman–Crippen LogP) is 14.4. The molecule has 6 atom stereocenters. The van der Waals surface area contributed by atoms with Crippen molar-refractivity contribution in [1.29, 1.82) is 0 Å². The minimum atomic E-state index is -1.65. The largest absolute Gasteiger partial charge is 0.299 e. The zero-order valence-electron chi connectivity index (χ0n) is 42.0. The summed E-state index contributed by atoms with van der Waals surface area (Å²) in [6.07, 6.45) is 13.4. The van der Waals surface area contributed by atoms with Crippen LogP contribution in [0, 0.1) is 0 Å². The molecule has 0 bridgehead atoms. The van der Waals surface area contributed by atoms with Crippen molar-refractivity contribution in [3.8, 4) is 0 Å². The monoisotopic (exact) mass is 1020 g/mol. The van der Waals surface area contributed by atoms with Gasteiger partial charge < -0.3 is 0 Å². The van der Waals surface area contributed by atoms with E-state index < -0.39 is 16.1 Å². The molecule has 0 spiro atoms. The second-order valence-electron chi connectivity index (χ2n) is 18.6. The number of ketones is 6. The van der Waals surface area contributed by atoms with Crippen LogP contribution in [-0.4, -0.2) is 117 Å². The number of hydrogen-bond donors (Lipinski definition) is 0. The molecule has 0 aromatic carbocycles. The number of carbonyl (C=O) groups excluding carboxylic acids is 6. The van der Waals surface area contributed by atoms with Crippen molar-refractivity contribution in [3.63, 3.8) is 0 Å². The first-order valence-electron chi connectivity index (χ1n) is 24.4. The molecular formula is C49H92O6S6Si2. The lowest BCUT2D eigenvalue weighted by Gasteiger charge is -2.33. The van der Waals surface area contributed by atoms with Crippen LogP contribution in [0.1, 0.15) is 154 Å². The highest BCUT2D eigenvalue weighted by Crippen LogP contribution is 2.37. The Balaban J connectivity index is 5.97. The molecule has 0 saturated heterocycles. The first-order chi connectivity index (χ1) is 29.7. The Morgan fingerprint density at radius 3 is 0.571 bits per heavy atom. The molecule has 0 aliphatic rings. The van der Waals surface area contributed by atoms with Crippen molar-refractivity contribution in [2.45, 2.75) is 234 Å². The third-order valence-corrected chi connectivity index (χ3v) is 32.6. The van der Waals surface area contributed by atoms with E-state index in [9.17, 15) is 28.8 Å². The number of rotatable bonds is 44. The normalized spacial score (nSPS) is 16.6. The van der Waals surface area contributed by atoms with E-state index in [0.29, 0.717) is 0 Å². The van der Waals surface area contributed by atoms with E-state index in [0.717, 1.165) is 34.5 Å². The fraction of sp³-hybridized carbons (Fsp3) is 0.878. The summed E-state index contributed by atoms with van der Waals surface area (Å²) in [5.41, 5.74) is 0. The standard InChI is InChI=1S/C49H92O6S6Si2/c1-38(50)44(7)56-24-18-32-62(33-19-25-57-45(8)39(2)51,34-20-26-58-46(9)40(3)52)30-16-14-13-15-17-31-63(35-21-27-59-47(10)41(4)53,36-22-28-60-48(11)42(5)54)37-23-29-61-49(12)43(6)55/h44-49H,13-37H2,1-12H3. The molecule has 0 rings (SSSR count). The molecule has 0 heterocycles. The van der Waals surface area contributed by atoms with Gasteiger partial charge in [-0.2, -0.15) is 70.6 Å². The van der Waals surface area contributed by atoms with Gasteiger partial charge in [0.05, 0.1) is 47.6 Å². The number of hydrogen-bond acceptors (Lipinski definition) is 12. The summed E-state index contributed by atoms with van der Waals surface area (Å²) in [5, 5.41) is 0.304. The zero-order chi connectivity index (χ0) is 47.8. The predicted molar refractivity (Wildman–Crippen MR) is 296 cm³/mol. The number of unbranched alkanes of at least 4 members (excludes halogenated alkanes) is 4. The van der Waals surface area contributed by atoms with Crippen molar-refractivity contribution in [1.82, 2.24) is 0 Å². The fourth-order valence-corrected chi connectivity index (χ4v) is 25.5. The van der Waals surface area contributed by atoms with Gasteiger partial charge in [0.1, 0.15) is 34.7 Å². The Kier molecular flexibility index (Phi) is 37.8. The van der Waals surface area contributed by atoms with Crippen LogP contribution >= 0.6 is 70.6 Å². The maximum atomic E-state index is 12.0. The first-order valence-corrected chi connectivity index (χ1v) is 36.3. The quantitative estimate of drug-likeness (QED) is 0.0429. The van der Waals surface area contributed by atoms with Gasteiger partial charge in [0.15, 0.2) is 0 Å². The third-order valence-electron chi connectivity index (χ3n) is 13.2. The lowest BCUT2D eigenvalue weighted by atomic mass is 10.2. The summed E-state index contributed by atoms with van der Waals surface area (Å²) in [6, 6.07) is 10.5. The molecule has 0 N–H and O–H groups in total. The minimum absolute atomic E-state index is 0.0507. The molecule has 0 radical (unpaired) electrons. The first kappa shape index (κ1) is 63.6. The molecular weight excluding hydrogens is 933 g/mol.